The van der Waals surface area contributed by atoms with Crippen molar-refractivity contribution in [2.75, 3.05) is 18.4 Å². The van der Waals surface area contributed by atoms with Crippen molar-refractivity contribution in [2.45, 2.75) is 38.5 Å². The molecule has 1 aliphatic heterocycles. The first-order valence-electron chi connectivity index (χ1n) is 9.48. The Kier molecular flexibility index (Phi) is 7.41. The Morgan fingerprint density at radius 1 is 1.03 bits per heavy atom. The topological polar surface area (TPSA) is 84.7 Å². The normalized spacial score (nSPS) is 20.9. The Balaban J connectivity index is 0.00000300. The summed E-state index contributed by atoms with van der Waals surface area (Å²) in [6.07, 6.45) is 0.0398. The SMILES string of the molecule is CC1CN(C(=O)c2ccc(NC(=O)C(C)(N)c3ccccc3)cc2)CC(C)O1.Cl. The van der Waals surface area contributed by atoms with Gasteiger partial charge in [0, 0.05) is 24.3 Å². The summed E-state index contributed by atoms with van der Waals surface area (Å²) in [6.45, 7) is 6.75. The quantitative estimate of drug-likeness (QED) is 0.800. The van der Waals surface area contributed by atoms with Crippen molar-refractivity contribution in [1.82, 2.24) is 4.90 Å². The van der Waals surface area contributed by atoms with Gasteiger partial charge in [0.2, 0.25) is 5.91 Å². The Morgan fingerprint density at radius 2 is 1.59 bits per heavy atom. The van der Waals surface area contributed by atoms with Crippen LogP contribution in [-0.2, 0) is 15.1 Å². The highest BCUT2D eigenvalue weighted by Crippen LogP contribution is 2.21. The first-order valence-corrected chi connectivity index (χ1v) is 9.48. The van der Waals surface area contributed by atoms with Gasteiger partial charge < -0.3 is 20.7 Å². The first-order chi connectivity index (χ1) is 13.3. The van der Waals surface area contributed by atoms with Crippen LogP contribution in [0.2, 0.25) is 0 Å². The van der Waals surface area contributed by atoms with Gasteiger partial charge in [0.25, 0.3) is 5.91 Å². The van der Waals surface area contributed by atoms with Crippen molar-refractivity contribution < 1.29 is 14.3 Å². The van der Waals surface area contributed by atoms with Gasteiger partial charge in [0.1, 0.15) is 5.54 Å². The predicted molar refractivity (Wildman–Crippen MR) is 116 cm³/mol. The number of nitrogens with one attached hydrogen (secondary N) is 1. The standard InChI is InChI=1S/C22H27N3O3.ClH/c1-15-13-25(14-16(2)28-15)20(26)17-9-11-19(12-10-17)24-21(27)22(3,23)18-7-5-4-6-8-18;/h4-12,15-16H,13-14,23H2,1-3H3,(H,24,27);1H. The number of amides is 2. The van der Waals surface area contributed by atoms with Gasteiger partial charge >= 0.3 is 0 Å². The lowest BCUT2D eigenvalue weighted by atomic mass is 9.92. The number of nitrogens with two attached hydrogens (primary N) is 1. The highest BCUT2D eigenvalue weighted by molar-refractivity contribution is 5.99. The lowest BCUT2D eigenvalue weighted by molar-refractivity contribution is -0.120. The predicted octanol–water partition coefficient (Wildman–Crippen LogP) is 3.17. The summed E-state index contributed by atoms with van der Waals surface area (Å²) in [6, 6.07) is 16.1. The smallest absolute Gasteiger partial charge is 0.254 e. The van der Waals surface area contributed by atoms with E-state index >= 15 is 0 Å². The number of halogens is 1. The van der Waals surface area contributed by atoms with E-state index in [0.29, 0.717) is 24.3 Å². The van der Waals surface area contributed by atoms with Crippen molar-refractivity contribution in [3.63, 3.8) is 0 Å². The second-order valence-corrected chi connectivity index (χ2v) is 7.57. The zero-order valence-corrected chi connectivity index (χ0v) is 17.7. The highest BCUT2D eigenvalue weighted by atomic mass is 35.5. The minimum absolute atomic E-state index is 0. The maximum atomic E-state index is 12.7. The summed E-state index contributed by atoms with van der Waals surface area (Å²) in [5.41, 5.74) is 7.00. The fourth-order valence-corrected chi connectivity index (χ4v) is 3.40. The third kappa shape index (κ3) is 5.35. The molecule has 0 aliphatic carbocycles. The van der Waals surface area contributed by atoms with Crippen LogP contribution in [0.5, 0.6) is 0 Å². The number of morpholine rings is 1. The van der Waals surface area contributed by atoms with E-state index in [2.05, 4.69) is 5.32 Å². The van der Waals surface area contributed by atoms with E-state index in [9.17, 15) is 9.59 Å². The minimum atomic E-state index is -1.16. The van der Waals surface area contributed by atoms with Crippen LogP contribution in [0.4, 0.5) is 5.69 Å². The van der Waals surface area contributed by atoms with E-state index in [0.717, 1.165) is 5.56 Å². The third-order valence-electron chi connectivity index (χ3n) is 4.94. The molecule has 0 aromatic heterocycles. The maximum absolute atomic E-state index is 12.7. The van der Waals surface area contributed by atoms with Gasteiger partial charge in [-0.05, 0) is 50.6 Å². The molecule has 1 aliphatic rings. The van der Waals surface area contributed by atoms with Crippen molar-refractivity contribution in [3.8, 4) is 0 Å². The fraction of sp³-hybridized carbons (Fsp3) is 0.364. The van der Waals surface area contributed by atoms with Crippen molar-refractivity contribution in [1.29, 1.82) is 0 Å². The number of anilines is 1. The molecule has 29 heavy (non-hydrogen) atoms. The third-order valence-corrected chi connectivity index (χ3v) is 4.94. The van der Waals surface area contributed by atoms with Crippen LogP contribution in [0.3, 0.4) is 0 Å². The van der Waals surface area contributed by atoms with Crippen LogP contribution in [0.15, 0.2) is 54.6 Å². The lowest BCUT2D eigenvalue weighted by Gasteiger charge is -2.35. The van der Waals surface area contributed by atoms with Crippen LogP contribution >= 0.6 is 12.4 Å². The molecular weight excluding hydrogens is 390 g/mol. The summed E-state index contributed by atoms with van der Waals surface area (Å²) >= 11 is 0. The van der Waals surface area contributed by atoms with E-state index in [1.165, 1.54) is 0 Å². The molecule has 0 spiro atoms. The number of carbonyl (C=O) groups is 2. The molecule has 3 rings (SSSR count). The summed E-state index contributed by atoms with van der Waals surface area (Å²) in [5, 5.41) is 2.83. The highest BCUT2D eigenvalue weighted by Gasteiger charge is 2.30. The van der Waals surface area contributed by atoms with E-state index in [4.69, 9.17) is 10.5 Å². The van der Waals surface area contributed by atoms with Gasteiger partial charge in [-0.25, -0.2) is 0 Å². The molecule has 2 aromatic carbocycles. The molecule has 7 heteroatoms. The number of rotatable bonds is 4. The zero-order valence-electron chi connectivity index (χ0n) is 16.9. The number of ether oxygens (including phenoxy) is 1. The van der Waals surface area contributed by atoms with Crippen LogP contribution in [-0.4, -0.2) is 42.0 Å². The number of hydrogen-bond donors (Lipinski definition) is 2. The molecular formula is C22H28ClN3O3. The molecule has 156 valence electrons. The van der Waals surface area contributed by atoms with Gasteiger partial charge in [0.05, 0.1) is 12.2 Å². The lowest BCUT2D eigenvalue weighted by Crippen LogP contribution is -2.48. The Hall–Kier alpha value is -2.41. The van der Waals surface area contributed by atoms with Gasteiger partial charge in [-0.3, -0.25) is 9.59 Å². The Labute approximate surface area is 177 Å². The molecule has 2 aromatic rings. The number of carbonyl (C=O) groups excluding carboxylic acids is 2. The van der Waals surface area contributed by atoms with Crippen LogP contribution in [0.25, 0.3) is 0 Å². The number of hydrogen-bond acceptors (Lipinski definition) is 4. The molecule has 1 fully saturated rings. The molecule has 3 unspecified atom stereocenters. The van der Waals surface area contributed by atoms with Crippen molar-refractivity contribution in [2.24, 2.45) is 5.73 Å². The average molecular weight is 418 g/mol. The molecule has 2 amide bonds. The van der Waals surface area contributed by atoms with Crippen molar-refractivity contribution in [3.05, 3.63) is 65.7 Å². The Morgan fingerprint density at radius 3 is 2.14 bits per heavy atom. The van der Waals surface area contributed by atoms with E-state index in [1.807, 2.05) is 44.2 Å². The molecule has 0 radical (unpaired) electrons. The van der Waals surface area contributed by atoms with E-state index < -0.39 is 5.54 Å². The molecule has 0 bridgehead atoms. The van der Waals surface area contributed by atoms with Gasteiger partial charge in [0.15, 0.2) is 0 Å². The van der Waals surface area contributed by atoms with Crippen molar-refractivity contribution >= 4 is 29.9 Å². The molecule has 1 saturated heterocycles. The molecule has 3 atom stereocenters. The largest absolute Gasteiger partial charge is 0.372 e. The average Bonchev–Trinajstić information content (AvgIpc) is 2.68. The van der Waals surface area contributed by atoms with Crippen LogP contribution in [0, 0.1) is 0 Å². The summed E-state index contributed by atoms with van der Waals surface area (Å²) < 4.78 is 5.68. The summed E-state index contributed by atoms with van der Waals surface area (Å²) in [7, 11) is 0. The molecule has 3 N–H and O–H groups in total. The van der Waals surface area contributed by atoms with E-state index in [-0.39, 0.29) is 36.4 Å². The summed E-state index contributed by atoms with van der Waals surface area (Å²) in [4.78, 5) is 27.2. The molecule has 1 heterocycles. The second kappa shape index (κ2) is 9.39. The fourth-order valence-electron chi connectivity index (χ4n) is 3.40. The van der Waals surface area contributed by atoms with Crippen LogP contribution < -0.4 is 11.1 Å². The van der Waals surface area contributed by atoms with Crippen LogP contribution in [0.1, 0.15) is 36.7 Å². The first kappa shape index (κ1) is 22.9. The van der Waals surface area contributed by atoms with Gasteiger partial charge in [-0.1, -0.05) is 30.3 Å². The Bertz CT molecular complexity index is 830. The molecule has 6 nitrogen and oxygen atoms in total. The number of benzene rings is 2. The number of nitrogens with zero attached hydrogens (tertiary/aromatic N) is 1. The van der Waals surface area contributed by atoms with Gasteiger partial charge in [-0.2, -0.15) is 0 Å². The van der Waals surface area contributed by atoms with Gasteiger partial charge in [-0.15, -0.1) is 12.4 Å². The maximum Gasteiger partial charge on any atom is 0.254 e. The monoisotopic (exact) mass is 417 g/mol. The zero-order chi connectivity index (χ0) is 20.3. The minimum Gasteiger partial charge on any atom is -0.372 e. The van der Waals surface area contributed by atoms with E-state index in [1.54, 1.807) is 36.1 Å². The molecule has 0 saturated carbocycles. The second-order valence-electron chi connectivity index (χ2n) is 7.57. The summed E-state index contributed by atoms with van der Waals surface area (Å²) in [5.74, 6) is -0.346.